The Kier molecular flexibility index (Phi) is 6.18. The quantitative estimate of drug-likeness (QED) is 0.894. The molecule has 122 valence electrons. The highest BCUT2D eigenvalue weighted by Crippen LogP contribution is 2.21. The summed E-state index contributed by atoms with van der Waals surface area (Å²) < 4.78 is 0. The van der Waals surface area contributed by atoms with Crippen LogP contribution in [0.25, 0.3) is 0 Å². The summed E-state index contributed by atoms with van der Waals surface area (Å²) in [5.41, 5.74) is 2.82. The van der Waals surface area contributed by atoms with E-state index >= 15 is 0 Å². The van der Waals surface area contributed by atoms with E-state index in [0.717, 1.165) is 38.0 Å². The second kappa shape index (κ2) is 8.12. The molecule has 6 nitrogen and oxygen atoms in total. The third-order valence-corrected chi connectivity index (χ3v) is 4.64. The molecule has 0 unspecified atom stereocenters. The molecule has 1 fully saturated rings. The smallest absolute Gasteiger partial charge is 0.317 e. The van der Waals surface area contributed by atoms with Crippen molar-refractivity contribution in [2.75, 3.05) is 33.7 Å². The number of carbonyl (C=O) groups excluding carboxylic acids is 2. The number of urea groups is 1. The van der Waals surface area contributed by atoms with Crippen LogP contribution < -0.4 is 5.32 Å². The van der Waals surface area contributed by atoms with Gasteiger partial charge in [0.25, 0.3) is 0 Å². The van der Waals surface area contributed by atoms with Gasteiger partial charge in [-0.3, -0.25) is 4.79 Å². The number of amides is 3. The van der Waals surface area contributed by atoms with Crippen molar-refractivity contribution in [3.8, 4) is 0 Å². The molecule has 3 amide bonds. The highest BCUT2D eigenvalue weighted by atomic mass is 32.1. The van der Waals surface area contributed by atoms with Gasteiger partial charge >= 0.3 is 6.03 Å². The van der Waals surface area contributed by atoms with Crippen LogP contribution in [0, 0.1) is 5.92 Å². The van der Waals surface area contributed by atoms with Gasteiger partial charge in [-0.05, 0) is 18.8 Å². The van der Waals surface area contributed by atoms with Crippen LogP contribution in [0.4, 0.5) is 4.79 Å². The molecule has 0 spiro atoms. The van der Waals surface area contributed by atoms with E-state index in [1.165, 1.54) is 0 Å². The van der Waals surface area contributed by atoms with Gasteiger partial charge in [0.2, 0.25) is 5.91 Å². The van der Waals surface area contributed by atoms with E-state index in [9.17, 15) is 9.59 Å². The monoisotopic (exact) mass is 324 g/mol. The van der Waals surface area contributed by atoms with Gasteiger partial charge < -0.3 is 15.1 Å². The number of thiazole rings is 1. The first-order valence-electron chi connectivity index (χ1n) is 7.66. The van der Waals surface area contributed by atoms with E-state index < -0.39 is 0 Å². The van der Waals surface area contributed by atoms with E-state index in [2.05, 4.69) is 10.3 Å². The molecular formula is C15H24N4O2S. The summed E-state index contributed by atoms with van der Waals surface area (Å²) in [6.07, 6.45) is 3.16. The molecule has 1 saturated heterocycles. The highest BCUT2D eigenvalue weighted by molar-refractivity contribution is 7.07. The number of rotatable bonds is 5. The highest BCUT2D eigenvalue weighted by Gasteiger charge is 2.24. The Morgan fingerprint density at radius 3 is 2.73 bits per heavy atom. The predicted octanol–water partition coefficient (Wildman–Crippen LogP) is 1.59. The Morgan fingerprint density at radius 1 is 1.41 bits per heavy atom. The van der Waals surface area contributed by atoms with Gasteiger partial charge in [-0.2, -0.15) is 0 Å². The maximum atomic E-state index is 12.1. The minimum absolute atomic E-state index is 0.00684. The van der Waals surface area contributed by atoms with Gasteiger partial charge in [0, 0.05) is 52.0 Å². The Bertz CT molecular complexity index is 482. The minimum atomic E-state index is -0.00684. The molecule has 0 saturated carbocycles. The van der Waals surface area contributed by atoms with E-state index in [-0.39, 0.29) is 11.9 Å². The summed E-state index contributed by atoms with van der Waals surface area (Å²) in [5.74, 6) is 0.570. The van der Waals surface area contributed by atoms with Crippen LogP contribution in [0.1, 0.15) is 25.0 Å². The third-order valence-electron chi connectivity index (χ3n) is 4.00. The van der Waals surface area contributed by atoms with Gasteiger partial charge in [0.1, 0.15) is 0 Å². The van der Waals surface area contributed by atoms with Crippen molar-refractivity contribution in [2.24, 2.45) is 5.92 Å². The van der Waals surface area contributed by atoms with Gasteiger partial charge in [-0.1, -0.05) is 0 Å². The summed E-state index contributed by atoms with van der Waals surface area (Å²) in [6.45, 7) is 2.07. The summed E-state index contributed by atoms with van der Waals surface area (Å²) in [7, 11) is 3.57. The fourth-order valence-electron chi connectivity index (χ4n) is 2.54. The Labute approximate surface area is 135 Å². The molecule has 0 aliphatic carbocycles. The zero-order valence-corrected chi connectivity index (χ0v) is 14.1. The van der Waals surface area contributed by atoms with Crippen molar-refractivity contribution in [1.29, 1.82) is 0 Å². The average molecular weight is 324 g/mol. The van der Waals surface area contributed by atoms with E-state index in [1.54, 1.807) is 35.8 Å². The molecule has 1 aromatic heterocycles. The Balaban J connectivity index is 1.65. The van der Waals surface area contributed by atoms with Crippen molar-refractivity contribution in [3.63, 3.8) is 0 Å². The standard InChI is InChI=1S/C15H24N4O2S/c1-18(2)14(20)9-12-4-7-19(8-5-12)15(21)16-6-3-13-10-22-11-17-13/h10-12H,3-9H2,1-2H3,(H,16,21). The van der Waals surface area contributed by atoms with Crippen molar-refractivity contribution in [1.82, 2.24) is 20.1 Å². The molecule has 0 bridgehead atoms. The molecule has 1 aliphatic heterocycles. The molecule has 1 aromatic rings. The van der Waals surface area contributed by atoms with Crippen molar-refractivity contribution in [3.05, 3.63) is 16.6 Å². The zero-order valence-electron chi connectivity index (χ0n) is 13.2. The van der Waals surface area contributed by atoms with Gasteiger partial charge in [0.05, 0.1) is 11.2 Å². The van der Waals surface area contributed by atoms with E-state index in [0.29, 0.717) is 18.9 Å². The van der Waals surface area contributed by atoms with Crippen molar-refractivity contribution >= 4 is 23.3 Å². The van der Waals surface area contributed by atoms with Gasteiger partial charge in [-0.25, -0.2) is 9.78 Å². The molecule has 2 rings (SSSR count). The maximum absolute atomic E-state index is 12.1. The minimum Gasteiger partial charge on any atom is -0.349 e. The topological polar surface area (TPSA) is 65.5 Å². The first kappa shape index (κ1) is 16.7. The fraction of sp³-hybridized carbons (Fsp3) is 0.667. The largest absolute Gasteiger partial charge is 0.349 e. The molecule has 7 heteroatoms. The number of likely N-dealkylation sites (tertiary alicyclic amines) is 1. The first-order chi connectivity index (χ1) is 10.6. The third kappa shape index (κ3) is 4.98. The van der Waals surface area contributed by atoms with Crippen LogP contribution in [0.5, 0.6) is 0 Å². The van der Waals surface area contributed by atoms with Crippen LogP contribution in [0.3, 0.4) is 0 Å². The summed E-state index contributed by atoms with van der Waals surface area (Å²) in [5, 5.41) is 4.94. The lowest BCUT2D eigenvalue weighted by atomic mass is 9.93. The number of nitrogens with zero attached hydrogens (tertiary/aromatic N) is 3. The van der Waals surface area contributed by atoms with Gasteiger partial charge in [0.15, 0.2) is 0 Å². The van der Waals surface area contributed by atoms with Crippen molar-refractivity contribution in [2.45, 2.75) is 25.7 Å². The van der Waals surface area contributed by atoms with Crippen LogP contribution in [0.15, 0.2) is 10.9 Å². The molecule has 0 atom stereocenters. The van der Waals surface area contributed by atoms with Crippen LogP contribution in [0.2, 0.25) is 0 Å². The molecule has 0 radical (unpaired) electrons. The lowest BCUT2D eigenvalue weighted by Crippen LogP contribution is -2.45. The normalized spacial score (nSPS) is 15.6. The summed E-state index contributed by atoms with van der Waals surface area (Å²) >= 11 is 1.57. The summed E-state index contributed by atoms with van der Waals surface area (Å²) in [4.78, 5) is 31.5. The number of aromatic nitrogens is 1. The number of hydrogen-bond donors (Lipinski definition) is 1. The van der Waals surface area contributed by atoms with E-state index in [1.807, 2.05) is 10.3 Å². The molecular weight excluding hydrogens is 300 g/mol. The number of hydrogen-bond acceptors (Lipinski definition) is 4. The molecule has 1 N–H and O–H groups in total. The Hall–Kier alpha value is -1.63. The average Bonchev–Trinajstić information content (AvgIpc) is 3.01. The predicted molar refractivity (Wildman–Crippen MR) is 86.8 cm³/mol. The summed E-state index contributed by atoms with van der Waals surface area (Å²) in [6, 6.07) is -0.00684. The second-order valence-electron chi connectivity index (χ2n) is 5.88. The van der Waals surface area contributed by atoms with Gasteiger partial charge in [-0.15, -0.1) is 11.3 Å². The molecule has 22 heavy (non-hydrogen) atoms. The Morgan fingerprint density at radius 2 is 2.14 bits per heavy atom. The first-order valence-corrected chi connectivity index (χ1v) is 8.60. The molecule has 2 heterocycles. The fourth-order valence-corrected chi connectivity index (χ4v) is 3.13. The second-order valence-corrected chi connectivity index (χ2v) is 6.60. The van der Waals surface area contributed by atoms with Crippen LogP contribution >= 0.6 is 11.3 Å². The van der Waals surface area contributed by atoms with Crippen LogP contribution in [-0.4, -0.2) is 60.5 Å². The van der Waals surface area contributed by atoms with Crippen molar-refractivity contribution < 1.29 is 9.59 Å². The van der Waals surface area contributed by atoms with E-state index in [4.69, 9.17) is 0 Å². The molecule has 0 aromatic carbocycles. The zero-order chi connectivity index (χ0) is 15.9. The lowest BCUT2D eigenvalue weighted by Gasteiger charge is -2.32. The number of carbonyl (C=O) groups is 2. The van der Waals surface area contributed by atoms with Crippen LogP contribution in [-0.2, 0) is 11.2 Å². The maximum Gasteiger partial charge on any atom is 0.317 e. The molecule has 1 aliphatic rings. The number of piperidine rings is 1. The SMILES string of the molecule is CN(C)C(=O)CC1CCN(C(=O)NCCc2cscn2)CC1. The lowest BCUT2D eigenvalue weighted by molar-refractivity contribution is -0.129. The number of nitrogens with one attached hydrogen (secondary N) is 1.